The van der Waals surface area contributed by atoms with Gasteiger partial charge >= 0.3 is 0 Å². The summed E-state index contributed by atoms with van der Waals surface area (Å²) in [5.41, 5.74) is 4.39. The standard InChI is InChI=1S/C29H30N6O4/c1-17-18(2)33-35(19(17)3)26-15-27(31-20(4)30-26)39-24-11-9-22(10-12-24)32-29(37)21-13-28(36)34(16-21)23-7-6-8-25(14-23)38-5/h6-12,14-15,21H,13,16H2,1-5H3,(H,32,37). The van der Waals surface area contributed by atoms with Gasteiger partial charge in [-0.15, -0.1) is 0 Å². The predicted molar refractivity (Wildman–Crippen MR) is 147 cm³/mol. The maximum Gasteiger partial charge on any atom is 0.229 e. The number of aromatic nitrogens is 4. The van der Waals surface area contributed by atoms with Crippen LogP contribution in [0.1, 0.15) is 29.2 Å². The minimum Gasteiger partial charge on any atom is -0.497 e. The molecule has 1 N–H and O–H groups in total. The van der Waals surface area contributed by atoms with E-state index in [2.05, 4.69) is 20.4 Å². The van der Waals surface area contributed by atoms with Crippen molar-refractivity contribution in [2.24, 2.45) is 5.92 Å². The van der Waals surface area contributed by atoms with Crippen molar-refractivity contribution in [1.82, 2.24) is 19.7 Å². The number of carbonyl (C=O) groups excluding carboxylic acids is 2. The molecule has 1 aliphatic rings. The molecular formula is C29H30N6O4. The first-order valence-electron chi connectivity index (χ1n) is 12.6. The second-order valence-corrected chi connectivity index (χ2v) is 9.54. The van der Waals surface area contributed by atoms with Gasteiger partial charge in [0.1, 0.15) is 17.3 Å². The Kier molecular flexibility index (Phi) is 7.02. The first-order chi connectivity index (χ1) is 18.7. The highest BCUT2D eigenvalue weighted by molar-refractivity contribution is 6.03. The fraction of sp³-hybridized carbons (Fsp3) is 0.276. The Morgan fingerprint density at radius 3 is 2.46 bits per heavy atom. The summed E-state index contributed by atoms with van der Waals surface area (Å²) in [6, 6.07) is 16.0. The van der Waals surface area contributed by atoms with E-state index in [9.17, 15) is 9.59 Å². The van der Waals surface area contributed by atoms with Crippen molar-refractivity contribution in [2.45, 2.75) is 34.1 Å². The van der Waals surface area contributed by atoms with Gasteiger partial charge in [-0.2, -0.15) is 10.1 Å². The fourth-order valence-electron chi connectivity index (χ4n) is 4.51. The molecule has 2 amide bonds. The van der Waals surface area contributed by atoms with Crippen LogP contribution in [0.4, 0.5) is 11.4 Å². The molecule has 10 heteroatoms. The third kappa shape index (κ3) is 5.45. The largest absolute Gasteiger partial charge is 0.497 e. The molecule has 5 rings (SSSR count). The van der Waals surface area contributed by atoms with E-state index in [-0.39, 0.29) is 18.2 Å². The van der Waals surface area contributed by atoms with Crippen LogP contribution in [0.15, 0.2) is 54.6 Å². The maximum absolute atomic E-state index is 12.9. The summed E-state index contributed by atoms with van der Waals surface area (Å²) >= 11 is 0. The van der Waals surface area contributed by atoms with E-state index in [4.69, 9.17) is 9.47 Å². The van der Waals surface area contributed by atoms with Gasteiger partial charge in [0.05, 0.1) is 18.7 Å². The van der Waals surface area contributed by atoms with Crippen molar-refractivity contribution in [1.29, 1.82) is 0 Å². The molecule has 0 radical (unpaired) electrons. The highest BCUT2D eigenvalue weighted by Crippen LogP contribution is 2.29. The molecular weight excluding hydrogens is 496 g/mol. The number of carbonyl (C=O) groups is 2. The molecule has 0 aliphatic carbocycles. The lowest BCUT2D eigenvalue weighted by atomic mass is 10.1. The van der Waals surface area contributed by atoms with Crippen LogP contribution >= 0.6 is 0 Å². The van der Waals surface area contributed by atoms with Gasteiger partial charge in [0.2, 0.25) is 17.7 Å². The number of hydrogen-bond donors (Lipinski definition) is 1. The Hall–Kier alpha value is -4.73. The number of amides is 2. The first kappa shape index (κ1) is 25.9. The number of ether oxygens (including phenoxy) is 2. The second kappa shape index (κ2) is 10.6. The highest BCUT2D eigenvalue weighted by atomic mass is 16.5. The number of methoxy groups -OCH3 is 1. The Balaban J connectivity index is 1.24. The van der Waals surface area contributed by atoms with Crippen molar-refractivity contribution in [3.05, 3.63) is 77.4 Å². The number of anilines is 2. The summed E-state index contributed by atoms with van der Waals surface area (Å²) in [4.78, 5) is 36.1. The van der Waals surface area contributed by atoms with Gasteiger partial charge in [0.25, 0.3) is 0 Å². The fourth-order valence-corrected chi connectivity index (χ4v) is 4.51. The molecule has 1 atom stereocenters. The van der Waals surface area contributed by atoms with E-state index in [0.717, 1.165) is 17.0 Å². The van der Waals surface area contributed by atoms with Gasteiger partial charge in [-0.25, -0.2) is 9.67 Å². The van der Waals surface area contributed by atoms with Gasteiger partial charge in [0.15, 0.2) is 5.82 Å². The van der Waals surface area contributed by atoms with Gasteiger partial charge in [0, 0.05) is 42.2 Å². The summed E-state index contributed by atoms with van der Waals surface area (Å²) in [5.74, 6) is 2.03. The third-order valence-corrected chi connectivity index (χ3v) is 6.88. The molecule has 0 saturated carbocycles. The molecule has 39 heavy (non-hydrogen) atoms. The molecule has 2 aromatic heterocycles. The van der Waals surface area contributed by atoms with Crippen molar-refractivity contribution >= 4 is 23.2 Å². The van der Waals surface area contributed by atoms with Crippen LogP contribution in [0.5, 0.6) is 17.4 Å². The van der Waals surface area contributed by atoms with E-state index in [0.29, 0.717) is 46.9 Å². The van der Waals surface area contributed by atoms with Crippen molar-refractivity contribution < 1.29 is 19.1 Å². The van der Waals surface area contributed by atoms with Crippen LogP contribution in [0.25, 0.3) is 5.82 Å². The molecule has 10 nitrogen and oxygen atoms in total. The summed E-state index contributed by atoms with van der Waals surface area (Å²) in [5, 5.41) is 7.48. The van der Waals surface area contributed by atoms with Gasteiger partial charge in [-0.3, -0.25) is 9.59 Å². The van der Waals surface area contributed by atoms with Gasteiger partial charge in [-0.05, 0) is 69.7 Å². The SMILES string of the molecule is COc1cccc(N2CC(C(=O)Nc3ccc(Oc4cc(-n5nc(C)c(C)c5C)nc(C)n4)cc3)CC2=O)c1. The van der Waals surface area contributed by atoms with E-state index in [1.165, 1.54) is 0 Å². The van der Waals surface area contributed by atoms with Gasteiger partial charge in [-0.1, -0.05) is 6.07 Å². The van der Waals surface area contributed by atoms with Crippen LogP contribution in [-0.2, 0) is 9.59 Å². The molecule has 1 unspecified atom stereocenters. The monoisotopic (exact) mass is 526 g/mol. The molecule has 1 aliphatic heterocycles. The minimum atomic E-state index is -0.458. The van der Waals surface area contributed by atoms with E-state index in [1.54, 1.807) is 60.0 Å². The zero-order valence-corrected chi connectivity index (χ0v) is 22.6. The number of hydrogen-bond acceptors (Lipinski definition) is 7. The highest BCUT2D eigenvalue weighted by Gasteiger charge is 2.35. The summed E-state index contributed by atoms with van der Waals surface area (Å²) in [6.45, 7) is 8.10. The smallest absolute Gasteiger partial charge is 0.229 e. The molecule has 4 aromatic rings. The summed E-state index contributed by atoms with van der Waals surface area (Å²) in [7, 11) is 1.58. The molecule has 3 heterocycles. The van der Waals surface area contributed by atoms with E-state index >= 15 is 0 Å². The Bertz CT molecular complexity index is 1550. The molecule has 1 saturated heterocycles. The average Bonchev–Trinajstić information content (AvgIpc) is 3.44. The van der Waals surface area contributed by atoms with Crippen molar-refractivity contribution in [3.63, 3.8) is 0 Å². The number of aryl methyl sites for hydroxylation is 2. The molecule has 0 spiro atoms. The quantitative estimate of drug-likeness (QED) is 0.372. The van der Waals surface area contributed by atoms with Crippen molar-refractivity contribution in [2.75, 3.05) is 23.9 Å². The zero-order valence-electron chi connectivity index (χ0n) is 22.6. The normalized spacial score (nSPS) is 14.9. The third-order valence-electron chi connectivity index (χ3n) is 6.88. The summed E-state index contributed by atoms with van der Waals surface area (Å²) in [6.07, 6.45) is 0.147. The lowest BCUT2D eigenvalue weighted by Gasteiger charge is -2.17. The number of benzene rings is 2. The average molecular weight is 527 g/mol. The molecule has 2 aromatic carbocycles. The van der Waals surface area contributed by atoms with E-state index < -0.39 is 5.92 Å². The lowest BCUT2D eigenvalue weighted by Crippen LogP contribution is -2.28. The maximum atomic E-state index is 12.9. The lowest BCUT2D eigenvalue weighted by molar-refractivity contribution is -0.122. The Morgan fingerprint density at radius 1 is 1.00 bits per heavy atom. The van der Waals surface area contributed by atoms with Crippen LogP contribution in [0, 0.1) is 33.6 Å². The van der Waals surface area contributed by atoms with Crippen molar-refractivity contribution in [3.8, 4) is 23.2 Å². The van der Waals surface area contributed by atoms with Crippen LogP contribution < -0.4 is 19.7 Å². The van der Waals surface area contributed by atoms with E-state index in [1.807, 2.05) is 39.0 Å². The number of rotatable bonds is 7. The first-order valence-corrected chi connectivity index (χ1v) is 12.6. The van der Waals surface area contributed by atoms with Gasteiger partial charge < -0.3 is 19.7 Å². The predicted octanol–water partition coefficient (Wildman–Crippen LogP) is 4.69. The Morgan fingerprint density at radius 2 is 1.77 bits per heavy atom. The molecule has 1 fully saturated rings. The molecule has 0 bridgehead atoms. The van der Waals surface area contributed by atoms with Crippen LogP contribution in [0.3, 0.4) is 0 Å². The number of nitrogens with zero attached hydrogens (tertiary/aromatic N) is 5. The van der Waals surface area contributed by atoms with Crippen LogP contribution in [0.2, 0.25) is 0 Å². The zero-order chi connectivity index (χ0) is 27.7. The minimum absolute atomic E-state index is 0.0951. The number of nitrogens with one attached hydrogen (secondary N) is 1. The second-order valence-electron chi connectivity index (χ2n) is 9.54. The Labute approximate surface area is 226 Å². The topological polar surface area (TPSA) is 111 Å². The summed E-state index contributed by atoms with van der Waals surface area (Å²) < 4.78 is 13.0. The van der Waals surface area contributed by atoms with Crippen LogP contribution in [-0.4, -0.2) is 45.2 Å². The molecule has 200 valence electrons.